The van der Waals surface area contributed by atoms with Gasteiger partial charge in [0.1, 0.15) is 0 Å². The van der Waals surface area contributed by atoms with Crippen molar-refractivity contribution in [3.8, 4) is 0 Å². The Morgan fingerprint density at radius 3 is 3.11 bits per heavy atom. The highest BCUT2D eigenvalue weighted by Crippen LogP contribution is 2.21. The summed E-state index contributed by atoms with van der Waals surface area (Å²) in [5.41, 5.74) is 0.909. The first-order chi connectivity index (χ1) is 9.13. The summed E-state index contributed by atoms with van der Waals surface area (Å²) in [4.78, 5) is 18.4. The van der Waals surface area contributed by atoms with Gasteiger partial charge in [0.15, 0.2) is 0 Å². The van der Waals surface area contributed by atoms with Crippen molar-refractivity contribution in [3.05, 3.63) is 30.1 Å². The molecule has 1 N–H and O–H groups in total. The van der Waals surface area contributed by atoms with E-state index in [1.165, 1.54) is 0 Å². The molecular weight excluding hydrogens is 244 g/mol. The van der Waals surface area contributed by atoms with E-state index in [0.29, 0.717) is 13.2 Å². The number of carbonyl (C=O) groups excluding carboxylic acids is 1. The third kappa shape index (κ3) is 3.11. The summed E-state index contributed by atoms with van der Waals surface area (Å²) in [5, 5.41) is 9.16. The number of aromatic nitrogens is 1. The topological polar surface area (TPSA) is 62.7 Å². The molecule has 0 spiro atoms. The Hall–Kier alpha value is -1.46. The van der Waals surface area contributed by atoms with Gasteiger partial charge >= 0.3 is 0 Å². The molecule has 2 rings (SSSR count). The summed E-state index contributed by atoms with van der Waals surface area (Å²) in [6, 6.07) is 3.78. The van der Waals surface area contributed by atoms with Gasteiger partial charge < -0.3 is 14.7 Å². The molecule has 2 heterocycles. The molecule has 1 amide bonds. The SMILES string of the molecule is CC(C(=O)N1CC(CO)OCC1C)c1cccnc1. The Balaban J connectivity index is 2.09. The number of hydrogen-bond acceptors (Lipinski definition) is 4. The first kappa shape index (κ1) is 14.0. The molecule has 104 valence electrons. The van der Waals surface area contributed by atoms with Crippen LogP contribution in [-0.4, -0.2) is 52.8 Å². The fraction of sp³-hybridized carbons (Fsp3) is 0.571. The van der Waals surface area contributed by atoms with Crippen LogP contribution in [0.15, 0.2) is 24.5 Å². The fourth-order valence-electron chi connectivity index (χ4n) is 2.26. The smallest absolute Gasteiger partial charge is 0.230 e. The van der Waals surface area contributed by atoms with Gasteiger partial charge in [0.2, 0.25) is 5.91 Å². The quantitative estimate of drug-likeness (QED) is 0.877. The lowest BCUT2D eigenvalue weighted by Gasteiger charge is -2.38. The van der Waals surface area contributed by atoms with Crippen LogP contribution in [0.2, 0.25) is 0 Å². The third-order valence-electron chi connectivity index (χ3n) is 3.55. The second-order valence-electron chi connectivity index (χ2n) is 4.99. The number of amides is 1. The number of hydrogen-bond donors (Lipinski definition) is 1. The second-order valence-corrected chi connectivity index (χ2v) is 4.99. The normalized spacial score (nSPS) is 25.1. The van der Waals surface area contributed by atoms with E-state index in [9.17, 15) is 4.79 Å². The van der Waals surface area contributed by atoms with Crippen LogP contribution in [0.4, 0.5) is 0 Å². The number of carbonyl (C=O) groups is 1. The summed E-state index contributed by atoms with van der Waals surface area (Å²) >= 11 is 0. The van der Waals surface area contributed by atoms with E-state index in [1.54, 1.807) is 17.3 Å². The standard InChI is InChI=1S/C14H20N2O3/c1-10-9-19-13(8-17)7-16(10)14(18)11(2)12-4-3-5-15-6-12/h3-6,10-11,13,17H,7-9H2,1-2H3. The van der Waals surface area contributed by atoms with Crippen molar-refractivity contribution >= 4 is 5.91 Å². The first-order valence-corrected chi connectivity index (χ1v) is 6.56. The zero-order chi connectivity index (χ0) is 13.8. The minimum Gasteiger partial charge on any atom is -0.394 e. The number of nitrogens with zero attached hydrogens (tertiary/aromatic N) is 2. The zero-order valence-electron chi connectivity index (χ0n) is 11.3. The molecule has 19 heavy (non-hydrogen) atoms. The van der Waals surface area contributed by atoms with Crippen LogP contribution in [0, 0.1) is 0 Å². The van der Waals surface area contributed by atoms with E-state index in [2.05, 4.69) is 4.98 Å². The Labute approximate surface area is 113 Å². The van der Waals surface area contributed by atoms with E-state index in [1.807, 2.05) is 26.0 Å². The molecule has 3 unspecified atom stereocenters. The number of rotatable bonds is 3. The maximum absolute atomic E-state index is 12.5. The summed E-state index contributed by atoms with van der Waals surface area (Å²) < 4.78 is 5.45. The van der Waals surface area contributed by atoms with Crippen molar-refractivity contribution < 1.29 is 14.6 Å². The van der Waals surface area contributed by atoms with Crippen LogP contribution in [0.3, 0.4) is 0 Å². The van der Waals surface area contributed by atoms with Crippen LogP contribution in [0.1, 0.15) is 25.3 Å². The van der Waals surface area contributed by atoms with Gasteiger partial charge in [-0.25, -0.2) is 0 Å². The van der Waals surface area contributed by atoms with Crippen molar-refractivity contribution in [2.24, 2.45) is 0 Å². The molecule has 1 aromatic rings. The highest BCUT2D eigenvalue weighted by molar-refractivity contribution is 5.83. The molecule has 0 bridgehead atoms. The van der Waals surface area contributed by atoms with Gasteiger partial charge in [-0.05, 0) is 25.5 Å². The second kappa shape index (κ2) is 6.12. The van der Waals surface area contributed by atoms with Gasteiger partial charge in [0, 0.05) is 18.9 Å². The monoisotopic (exact) mass is 264 g/mol. The molecule has 1 aliphatic rings. The number of aliphatic hydroxyl groups is 1. The summed E-state index contributed by atoms with van der Waals surface area (Å²) in [6.45, 7) is 4.70. The lowest BCUT2D eigenvalue weighted by atomic mass is 10.00. The molecule has 0 aliphatic carbocycles. The average molecular weight is 264 g/mol. The fourth-order valence-corrected chi connectivity index (χ4v) is 2.26. The third-order valence-corrected chi connectivity index (χ3v) is 3.55. The predicted octanol–water partition coefficient (Wildman–Crippen LogP) is 0.793. The molecular formula is C14H20N2O3. The highest BCUT2D eigenvalue weighted by Gasteiger charge is 2.32. The Bertz CT molecular complexity index is 424. The zero-order valence-corrected chi connectivity index (χ0v) is 11.3. The van der Waals surface area contributed by atoms with Crippen molar-refractivity contribution in [2.75, 3.05) is 19.8 Å². The molecule has 1 saturated heterocycles. The van der Waals surface area contributed by atoms with Gasteiger partial charge in [-0.2, -0.15) is 0 Å². The molecule has 3 atom stereocenters. The minimum atomic E-state index is -0.277. The molecule has 1 fully saturated rings. The Morgan fingerprint density at radius 2 is 2.47 bits per heavy atom. The van der Waals surface area contributed by atoms with Crippen molar-refractivity contribution in [3.63, 3.8) is 0 Å². The van der Waals surface area contributed by atoms with Crippen molar-refractivity contribution in [2.45, 2.75) is 31.9 Å². The Morgan fingerprint density at radius 1 is 1.68 bits per heavy atom. The summed E-state index contributed by atoms with van der Waals surface area (Å²) in [6.07, 6.45) is 3.14. The summed E-state index contributed by atoms with van der Waals surface area (Å²) in [5.74, 6) is -0.171. The minimum absolute atomic E-state index is 0.0365. The van der Waals surface area contributed by atoms with Gasteiger partial charge in [0.05, 0.1) is 31.3 Å². The van der Waals surface area contributed by atoms with Crippen LogP contribution in [0.5, 0.6) is 0 Å². The first-order valence-electron chi connectivity index (χ1n) is 6.56. The predicted molar refractivity (Wildman–Crippen MR) is 70.7 cm³/mol. The number of ether oxygens (including phenoxy) is 1. The molecule has 5 nitrogen and oxygen atoms in total. The van der Waals surface area contributed by atoms with E-state index in [4.69, 9.17) is 9.84 Å². The van der Waals surface area contributed by atoms with Crippen LogP contribution < -0.4 is 0 Å². The van der Waals surface area contributed by atoms with Gasteiger partial charge in [0.25, 0.3) is 0 Å². The molecule has 1 aliphatic heterocycles. The molecule has 0 aromatic carbocycles. The van der Waals surface area contributed by atoms with Gasteiger partial charge in [-0.1, -0.05) is 6.07 Å². The summed E-state index contributed by atoms with van der Waals surface area (Å²) in [7, 11) is 0. The molecule has 0 saturated carbocycles. The van der Waals surface area contributed by atoms with E-state index >= 15 is 0 Å². The maximum atomic E-state index is 12.5. The van der Waals surface area contributed by atoms with E-state index in [0.717, 1.165) is 5.56 Å². The molecule has 0 radical (unpaired) electrons. The van der Waals surface area contributed by atoms with Crippen LogP contribution >= 0.6 is 0 Å². The van der Waals surface area contributed by atoms with Gasteiger partial charge in [-0.3, -0.25) is 9.78 Å². The van der Waals surface area contributed by atoms with Gasteiger partial charge in [-0.15, -0.1) is 0 Å². The van der Waals surface area contributed by atoms with Crippen LogP contribution in [0.25, 0.3) is 0 Å². The lowest BCUT2D eigenvalue weighted by Crippen LogP contribution is -2.53. The number of pyridine rings is 1. The highest BCUT2D eigenvalue weighted by atomic mass is 16.5. The maximum Gasteiger partial charge on any atom is 0.230 e. The van der Waals surface area contributed by atoms with Crippen molar-refractivity contribution in [1.29, 1.82) is 0 Å². The van der Waals surface area contributed by atoms with E-state index in [-0.39, 0.29) is 30.6 Å². The van der Waals surface area contributed by atoms with Crippen molar-refractivity contribution in [1.82, 2.24) is 9.88 Å². The lowest BCUT2D eigenvalue weighted by molar-refractivity contribution is -0.147. The average Bonchev–Trinajstić information content (AvgIpc) is 2.47. The Kier molecular flexibility index (Phi) is 4.50. The molecule has 5 heteroatoms. The van der Waals surface area contributed by atoms with Crippen LogP contribution in [-0.2, 0) is 9.53 Å². The largest absolute Gasteiger partial charge is 0.394 e. The number of morpholine rings is 1. The van der Waals surface area contributed by atoms with E-state index < -0.39 is 0 Å². The number of aliphatic hydroxyl groups excluding tert-OH is 1. The molecule has 1 aromatic heterocycles.